The van der Waals surface area contributed by atoms with Crippen molar-refractivity contribution in [3.63, 3.8) is 0 Å². The van der Waals surface area contributed by atoms with Crippen LogP contribution in [0.5, 0.6) is 0 Å². The summed E-state index contributed by atoms with van der Waals surface area (Å²) in [5.74, 6) is 0.664. The maximum Gasteiger partial charge on any atom is 0.243 e. The molecule has 2 fully saturated rings. The van der Waals surface area contributed by atoms with Gasteiger partial charge in [-0.15, -0.1) is 0 Å². The topological polar surface area (TPSA) is 73.0 Å². The van der Waals surface area contributed by atoms with Crippen LogP contribution in [0.15, 0.2) is 29.2 Å². The van der Waals surface area contributed by atoms with Crippen LogP contribution >= 0.6 is 0 Å². The fourth-order valence-electron chi connectivity index (χ4n) is 4.63. The van der Waals surface area contributed by atoms with Crippen molar-refractivity contribution in [3.8, 4) is 0 Å². The molecule has 2 saturated heterocycles. The maximum absolute atomic E-state index is 13.3. The Morgan fingerprint density at radius 2 is 1.71 bits per heavy atom. The molecule has 31 heavy (non-hydrogen) atoms. The second-order valence-corrected chi connectivity index (χ2v) is 10.9. The molecule has 2 aliphatic rings. The molecular weight excluding hydrogens is 419 g/mol. The number of carbonyl (C=O) groups excluding carboxylic acids is 1. The molecule has 2 aliphatic heterocycles. The summed E-state index contributed by atoms with van der Waals surface area (Å²) in [6.45, 7) is 10.2. The number of nitrogens with zero attached hydrogens (tertiary/aromatic N) is 3. The van der Waals surface area contributed by atoms with Gasteiger partial charge in [0.25, 0.3) is 0 Å². The van der Waals surface area contributed by atoms with Gasteiger partial charge in [0.2, 0.25) is 15.9 Å². The van der Waals surface area contributed by atoms with E-state index in [4.69, 9.17) is 0 Å². The van der Waals surface area contributed by atoms with Crippen molar-refractivity contribution in [2.75, 3.05) is 58.9 Å². The summed E-state index contributed by atoms with van der Waals surface area (Å²) < 4.78 is 41.3. The number of likely N-dealkylation sites (tertiary alicyclic amines) is 1. The van der Waals surface area contributed by atoms with E-state index in [1.807, 2.05) is 0 Å². The SMILES string of the molecule is C[C@@H]1C[C@@H](C)CN(CCN(CCC(=O)N2CCNCC2)S(=O)(=O)c2ccc(F)cc2)C1. The van der Waals surface area contributed by atoms with Crippen molar-refractivity contribution in [3.05, 3.63) is 30.1 Å². The molecule has 0 bridgehead atoms. The summed E-state index contributed by atoms with van der Waals surface area (Å²) in [5.41, 5.74) is 0. The highest BCUT2D eigenvalue weighted by Crippen LogP contribution is 2.22. The first-order valence-corrected chi connectivity index (χ1v) is 12.7. The Balaban J connectivity index is 1.69. The monoisotopic (exact) mass is 454 g/mol. The van der Waals surface area contributed by atoms with Gasteiger partial charge in [-0.1, -0.05) is 13.8 Å². The van der Waals surface area contributed by atoms with Crippen LogP contribution in [0.2, 0.25) is 0 Å². The van der Waals surface area contributed by atoms with E-state index in [1.54, 1.807) is 4.90 Å². The molecule has 0 unspecified atom stereocenters. The highest BCUT2D eigenvalue weighted by molar-refractivity contribution is 7.89. The number of halogens is 1. The minimum Gasteiger partial charge on any atom is -0.340 e. The average Bonchev–Trinajstić information content (AvgIpc) is 2.73. The number of sulfonamides is 1. The summed E-state index contributed by atoms with van der Waals surface area (Å²) in [4.78, 5) is 16.8. The van der Waals surface area contributed by atoms with E-state index >= 15 is 0 Å². The van der Waals surface area contributed by atoms with E-state index in [9.17, 15) is 17.6 Å². The number of piperidine rings is 1. The lowest BCUT2D eigenvalue weighted by Gasteiger charge is -2.36. The van der Waals surface area contributed by atoms with E-state index in [0.717, 1.165) is 38.3 Å². The van der Waals surface area contributed by atoms with Crippen LogP contribution in [0, 0.1) is 17.7 Å². The van der Waals surface area contributed by atoms with Crippen LogP contribution in [0.4, 0.5) is 4.39 Å². The Hall–Kier alpha value is -1.55. The number of rotatable bonds is 8. The molecule has 0 saturated carbocycles. The van der Waals surface area contributed by atoms with Crippen molar-refractivity contribution in [1.82, 2.24) is 19.4 Å². The van der Waals surface area contributed by atoms with E-state index in [2.05, 4.69) is 24.1 Å². The van der Waals surface area contributed by atoms with Crippen LogP contribution < -0.4 is 5.32 Å². The van der Waals surface area contributed by atoms with Crippen molar-refractivity contribution < 1.29 is 17.6 Å². The van der Waals surface area contributed by atoms with Gasteiger partial charge in [0.15, 0.2) is 0 Å². The molecule has 1 aromatic rings. The quantitative estimate of drug-likeness (QED) is 0.646. The first-order chi connectivity index (χ1) is 14.8. The second-order valence-electron chi connectivity index (χ2n) is 8.94. The first kappa shape index (κ1) is 24.1. The van der Waals surface area contributed by atoms with Gasteiger partial charge in [0.1, 0.15) is 5.82 Å². The van der Waals surface area contributed by atoms with Crippen molar-refractivity contribution in [1.29, 1.82) is 0 Å². The lowest BCUT2D eigenvalue weighted by Crippen LogP contribution is -2.48. The van der Waals surface area contributed by atoms with E-state index in [0.29, 0.717) is 38.0 Å². The molecule has 1 N–H and O–H groups in total. The number of amides is 1. The Morgan fingerprint density at radius 1 is 1.10 bits per heavy atom. The fourth-order valence-corrected chi connectivity index (χ4v) is 6.06. The predicted molar refractivity (Wildman–Crippen MR) is 119 cm³/mol. The number of hydrogen-bond donors (Lipinski definition) is 1. The zero-order chi connectivity index (χ0) is 22.4. The molecule has 9 heteroatoms. The Morgan fingerprint density at radius 3 is 2.32 bits per heavy atom. The summed E-state index contributed by atoms with van der Waals surface area (Å²) in [7, 11) is -3.82. The Bertz CT molecular complexity index is 818. The third-order valence-electron chi connectivity index (χ3n) is 6.11. The molecule has 1 aromatic carbocycles. The Kier molecular flexibility index (Phi) is 8.43. The molecule has 2 heterocycles. The summed E-state index contributed by atoms with van der Waals surface area (Å²) in [6, 6.07) is 4.90. The van der Waals surface area contributed by atoms with Gasteiger partial charge in [-0.25, -0.2) is 12.8 Å². The van der Waals surface area contributed by atoms with E-state index in [1.165, 1.54) is 22.9 Å². The number of nitrogens with one attached hydrogen (secondary N) is 1. The molecule has 0 radical (unpaired) electrons. The standard InChI is InChI=1S/C22H35FN4O3S/c1-18-15-19(2)17-25(16-18)13-14-27(10-7-22(28)26-11-8-24-9-12-26)31(29,30)21-5-3-20(23)4-6-21/h3-6,18-19,24H,7-17H2,1-2H3/t18-,19-/m1/s1. The van der Waals surface area contributed by atoms with Crippen molar-refractivity contribution >= 4 is 15.9 Å². The number of benzene rings is 1. The minimum absolute atomic E-state index is 0.0268. The van der Waals surface area contributed by atoms with Crippen LogP contribution in [0.1, 0.15) is 26.7 Å². The van der Waals surface area contributed by atoms with E-state index in [-0.39, 0.29) is 23.8 Å². The molecule has 3 rings (SSSR count). The average molecular weight is 455 g/mol. The first-order valence-electron chi connectivity index (χ1n) is 11.2. The molecule has 0 spiro atoms. The molecule has 1 amide bonds. The zero-order valence-electron chi connectivity index (χ0n) is 18.6. The van der Waals surface area contributed by atoms with Crippen molar-refractivity contribution in [2.24, 2.45) is 11.8 Å². The lowest BCUT2D eigenvalue weighted by atomic mass is 9.92. The largest absolute Gasteiger partial charge is 0.340 e. The van der Waals surface area contributed by atoms with Crippen LogP contribution in [-0.2, 0) is 14.8 Å². The number of piperazine rings is 1. The van der Waals surface area contributed by atoms with Gasteiger partial charge in [-0.2, -0.15) is 4.31 Å². The van der Waals surface area contributed by atoms with Crippen LogP contribution in [0.25, 0.3) is 0 Å². The maximum atomic E-state index is 13.3. The van der Waals surface area contributed by atoms with Gasteiger partial charge < -0.3 is 15.1 Å². The minimum atomic E-state index is -3.82. The Labute approximate surface area is 185 Å². The molecular formula is C22H35FN4O3S. The van der Waals surface area contributed by atoms with Crippen molar-refractivity contribution in [2.45, 2.75) is 31.6 Å². The smallest absolute Gasteiger partial charge is 0.243 e. The van der Waals surface area contributed by atoms with Gasteiger partial charge in [0, 0.05) is 65.3 Å². The van der Waals surface area contributed by atoms with Crippen LogP contribution in [-0.4, -0.2) is 87.3 Å². The highest BCUT2D eigenvalue weighted by Gasteiger charge is 2.28. The third kappa shape index (κ3) is 6.71. The summed E-state index contributed by atoms with van der Waals surface area (Å²) >= 11 is 0. The summed E-state index contributed by atoms with van der Waals surface area (Å²) in [5, 5.41) is 3.21. The van der Waals surface area contributed by atoms with Gasteiger partial charge in [-0.3, -0.25) is 4.79 Å². The number of carbonyl (C=O) groups is 1. The molecule has 0 aliphatic carbocycles. The zero-order valence-corrected chi connectivity index (χ0v) is 19.4. The molecule has 2 atom stereocenters. The molecule has 7 nitrogen and oxygen atoms in total. The van der Waals surface area contributed by atoms with Gasteiger partial charge >= 0.3 is 0 Å². The number of hydrogen-bond acceptors (Lipinski definition) is 5. The lowest BCUT2D eigenvalue weighted by molar-refractivity contribution is -0.131. The molecule has 0 aromatic heterocycles. The third-order valence-corrected chi connectivity index (χ3v) is 8.02. The highest BCUT2D eigenvalue weighted by atomic mass is 32.2. The molecule has 174 valence electrons. The van der Waals surface area contributed by atoms with Gasteiger partial charge in [-0.05, 0) is 42.5 Å². The predicted octanol–water partition coefficient (Wildman–Crippen LogP) is 1.62. The van der Waals surface area contributed by atoms with E-state index < -0.39 is 15.8 Å². The second kappa shape index (κ2) is 10.8. The van der Waals surface area contributed by atoms with Crippen LogP contribution in [0.3, 0.4) is 0 Å². The van der Waals surface area contributed by atoms with Gasteiger partial charge in [0.05, 0.1) is 4.90 Å². The summed E-state index contributed by atoms with van der Waals surface area (Å²) in [6.07, 6.45) is 1.33. The fraction of sp³-hybridized carbons (Fsp3) is 0.682. The normalized spacial score (nSPS) is 23.3.